The van der Waals surface area contributed by atoms with Gasteiger partial charge in [0.15, 0.2) is 5.75 Å². The molecule has 0 amide bonds. The molecule has 0 saturated carbocycles. The van der Waals surface area contributed by atoms with Gasteiger partial charge in [-0.3, -0.25) is 4.98 Å². The van der Waals surface area contributed by atoms with E-state index in [1.165, 1.54) is 31.5 Å². The molecule has 2 aromatic heterocycles. The molecule has 0 fully saturated rings. The lowest BCUT2D eigenvalue weighted by atomic mass is 10.3. The van der Waals surface area contributed by atoms with Crippen molar-refractivity contribution in [3.8, 4) is 5.75 Å². The lowest BCUT2D eigenvalue weighted by molar-refractivity contribution is -0.136. The Hall–Kier alpha value is -2.10. The number of pyridine rings is 1. The van der Waals surface area contributed by atoms with Gasteiger partial charge in [0.1, 0.15) is 11.3 Å². The first-order chi connectivity index (χ1) is 12.0. The van der Waals surface area contributed by atoms with Gasteiger partial charge < -0.3 is 14.1 Å². The molecule has 2 heterocycles. The normalized spacial score (nSPS) is 12.6. The maximum atomic E-state index is 12.7. The van der Waals surface area contributed by atoms with Crippen LogP contribution >= 0.6 is 11.6 Å². The molecule has 0 aliphatic heterocycles. The van der Waals surface area contributed by atoms with E-state index < -0.39 is 17.8 Å². The first-order valence-electron chi connectivity index (χ1n) is 6.98. The largest absolute Gasteiger partial charge is 0.609 e. The molecule has 25 heavy (non-hydrogen) atoms. The molecule has 0 saturated heterocycles. The molecule has 0 N–H and O–H groups in total. The highest BCUT2D eigenvalue weighted by Crippen LogP contribution is 2.25. The van der Waals surface area contributed by atoms with Crippen LogP contribution in [0, 0.1) is 0 Å². The predicted octanol–water partition coefficient (Wildman–Crippen LogP) is 3.05. The van der Waals surface area contributed by atoms with Crippen LogP contribution in [0.4, 0.5) is 8.78 Å². The van der Waals surface area contributed by atoms with Crippen molar-refractivity contribution in [2.24, 2.45) is 0 Å². The Morgan fingerprint density at radius 2 is 2.12 bits per heavy atom. The molecule has 1 aromatic carbocycles. The van der Waals surface area contributed by atoms with Crippen molar-refractivity contribution in [1.29, 1.82) is 0 Å². The number of alkyl halides is 2. The van der Waals surface area contributed by atoms with Crippen LogP contribution in [-0.4, -0.2) is 33.0 Å². The fourth-order valence-corrected chi connectivity index (χ4v) is 3.44. The molecular weight excluding hydrogens is 376 g/mol. The van der Waals surface area contributed by atoms with Crippen LogP contribution in [0.15, 0.2) is 41.7 Å². The van der Waals surface area contributed by atoms with E-state index >= 15 is 0 Å². The number of aromatic nitrogens is 3. The SMILES string of the molecule is COc1ccnc(C[S+]([O-])c2nc3cc(Cl)ccc3n2OC(F)F)c1. The summed E-state index contributed by atoms with van der Waals surface area (Å²) >= 11 is 4.11. The second-order valence-corrected chi connectivity index (χ2v) is 6.65. The summed E-state index contributed by atoms with van der Waals surface area (Å²) in [6, 6.07) is 7.71. The van der Waals surface area contributed by atoms with E-state index in [0.717, 1.165) is 4.73 Å². The zero-order valence-corrected chi connectivity index (χ0v) is 14.4. The van der Waals surface area contributed by atoms with Crippen molar-refractivity contribution in [3.63, 3.8) is 0 Å². The zero-order chi connectivity index (χ0) is 18.0. The van der Waals surface area contributed by atoms with Crippen LogP contribution in [0.3, 0.4) is 0 Å². The fourth-order valence-electron chi connectivity index (χ4n) is 2.20. The maximum absolute atomic E-state index is 12.7. The first kappa shape index (κ1) is 17.7. The first-order valence-corrected chi connectivity index (χ1v) is 8.68. The molecule has 0 aliphatic rings. The summed E-state index contributed by atoms with van der Waals surface area (Å²) in [5.41, 5.74) is 1.01. The molecule has 132 valence electrons. The number of hydrogen-bond donors (Lipinski definition) is 0. The van der Waals surface area contributed by atoms with Crippen molar-refractivity contribution in [1.82, 2.24) is 14.7 Å². The van der Waals surface area contributed by atoms with Crippen LogP contribution in [0.25, 0.3) is 11.0 Å². The Balaban J connectivity index is 1.97. The van der Waals surface area contributed by atoms with Gasteiger partial charge in [0.25, 0.3) is 0 Å². The van der Waals surface area contributed by atoms with Gasteiger partial charge in [-0.1, -0.05) is 11.6 Å². The molecule has 0 spiro atoms. The van der Waals surface area contributed by atoms with E-state index in [1.807, 2.05) is 0 Å². The summed E-state index contributed by atoms with van der Waals surface area (Å²) in [5.74, 6) is 0.507. The van der Waals surface area contributed by atoms with Crippen molar-refractivity contribution >= 4 is 33.8 Å². The summed E-state index contributed by atoms with van der Waals surface area (Å²) in [7, 11) is 1.50. The Bertz CT molecular complexity index is 894. The van der Waals surface area contributed by atoms with E-state index in [0.29, 0.717) is 22.0 Å². The molecule has 3 rings (SSSR count). The van der Waals surface area contributed by atoms with Crippen LogP contribution < -0.4 is 9.57 Å². The number of halogens is 3. The van der Waals surface area contributed by atoms with Crippen LogP contribution in [0.5, 0.6) is 5.75 Å². The third-order valence-electron chi connectivity index (χ3n) is 3.24. The quantitative estimate of drug-likeness (QED) is 0.608. The monoisotopic (exact) mass is 387 g/mol. The molecule has 10 heteroatoms. The Morgan fingerprint density at radius 3 is 2.84 bits per heavy atom. The van der Waals surface area contributed by atoms with E-state index in [1.54, 1.807) is 12.1 Å². The molecule has 1 atom stereocenters. The smallest absolute Gasteiger partial charge is 0.406 e. The molecule has 1 unspecified atom stereocenters. The number of hydrogen-bond acceptors (Lipinski definition) is 5. The third-order valence-corrected chi connectivity index (χ3v) is 4.69. The van der Waals surface area contributed by atoms with Gasteiger partial charge in [0, 0.05) is 28.5 Å². The van der Waals surface area contributed by atoms with E-state index in [4.69, 9.17) is 16.3 Å². The highest BCUT2D eigenvalue weighted by molar-refractivity contribution is 7.90. The van der Waals surface area contributed by atoms with Crippen LogP contribution in [0.1, 0.15) is 5.69 Å². The number of rotatable bonds is 6. The molecular formula is C15H12ClF2N3O3S. The maximum Gasteiger partial charge on any atom is 0.406 e. The van der Waals surface area contributed by atoms with E-state index in [-0.39, 0.29) is 16.4 Å². The third kappa shape index (κ3) is 3.94. The number of methoxy groups -OCH3 is 1. The Kier molecular flexibility index (Phi) is 5.26. The van der Waals surface area contributed by atoms with Crippen LogP contribution in [0.2, 0.25) is 5.02 Å². The topological polar surface area (TPSA) is 72.2 Å². The van der Waals surface area contributed by atoms with Crippen molar-refractivity contribution in [3.05, 3.63) is 47.2 Å². The van der Waals surface area contributed by atoms with Gasteiger partial charge in [-0.2, -0.15) is 13.8 Å². The average Bonchev–Trinajstić information content (AvgIpc) is 2.92. The number of imidazole rings is 1. The summed E-state index contributed by atoms with van der Waals surface area (Å²) < 4.78 is 44.0. The van der Waals surface area contributed by atoms with Gasteiger partial charge in [0.2, 0.25) is 0 Å². The highest BCUT2D eigenvalue weighted by Gasteiger charge is 2.26. The van der Waals surface area contributed by atoms with Gasteiger partial charge in [-0.25, -0.2) is 0 Å². The Morgan fingerprint density at radius 1 is 1.32 bits per heavy atom. The van der Waals surface area contributed by atoms with Gasteiger partial charge in [-0.05, 0) is 24.3 Å². The molecule has 0 bridgehead atoms. The minimum absolute atomic E-state index is 0.0408. The Labute approximate surface area is 149 Å². The van der Waals surface area contributed by atoms with Crippen molar-refractivity contribution in [2.75, 3.05) is 7.11 Å². The summed E-state index contributed by atoms with van der Waals surface area (Å²) in [4.78, 5) is 12.7. The van der Waals surface area contributed by atoms with E-state index in [9.17, 15) is 13.3 Å². The second kappa shape index (κ2) is 7.42. The lowest BCUT2D eigenvalue weighted by Gasteiger charge is -2.12. The average molecular weight is 388 g/mol. The molecule has 6 nitrogen and oxygen atoms in total. The highest BCUT2D eigenvalue weighted by atomic mass is 35.5. The van der Waals surface area contributed by atoms with Crippen molar-refractivity contribution in [2.45, 2.75) is 17.5 Å². The fraction of sp³-hybridized carbons (Fsp3) is 0.200. The molecule has 0 radical (unpaired) electrons. The van der Waals surface area contributed by atoms with Crippen LogP contribution in [-0.2, 0) is 16.9 Å². The van der Waals surface area contributed by atoms with Gasteiger partial charge in [0.05, 0.1) is 18.3 Å². The van der Waals surface area contributed by atoms with E-state index in [2.05, 4.69) is 14.8 Å². The second-order valence-electron chi connectivity index (χ2n) is 4.86. The summed E-state index contributed by atoms with van der Waals surface area (Å²) in [6.45, 7) is -3.10. The predicted molar refractivity (Wildman–Crippen MR) is 88.2 cm³/mol. The zero-order valence-electron chi connectivity index (χ0n) is 12.9. The van der Waals surface area contributed by atoms with Crippen molar-refractivity contribution < 1.29 is 22.9 Å². The summed E-state index contributed by atoms with van der Waals surface area (Å²) in [5, 5.41) is 0.225. The number of ether oxygens (including phenoxy) is 1. The molecule has 0 aliphatic carbocycles. The van der Waals surface area contributed by atoms with Gasteiger partial charge >= 0.3 is 11.8 Å². The molecule has 3 aromatic rings. The number of benzene rings is 1. The number of nitrogens with zero attached hydrogens (tertiary/aromatic N) is 3. The minimum Gasteiger partial charge on any atom is -0.609 e. The van der Waals surface area contributed by atoms with Gasteiger partial charge in [-0.15, -0.1) is 4.73 Å². The minimum atomic E-state index is -3.10. The number of fused-ring (bicyclic) bond motifs is 1. The summed E-state index contributed by atoms with van der Waals surface area (Å²) in [6.07, 6.45) is 1.50. The standard InChI is InChI=1S/C15H12ClF2N3O3S/c1-23-11-4-5-19-10(7-11)8-25(22)15-20-12-6-9(16)2-3-13(12)21(15)24-14(17)18/h2-7,14H,8H2,1H3. The lowest BCUT2D eigenvalue weighted by Crippen LogP contribution is -2.22.